The number of rotatable bonds is 4. The van der Waals surface area contributed by atoms with Crippen LogP contribution in [0, 0.1) is 0 Å². The van der Waals surface area contributed by atoms with Crippen molar-refractivity contribution in [3.8, 4) is 17.4 Å². The van der Waals surface area contributed by atoms with Crippen molar-refractivity contribution in [1.82, 2.24) is 14.2 Å². The molecule has 2 aromatic rings. The van der Waals surface area contributed by atoms with Crippen molar-refractivity contribution in [3.05, 3.63) is 52.7 Å². The van der Waals surface area contributed by atoms with Gasteiger partial charge in [0.05, 0.1) is 19.2 Å². The summed E-state index contributed by atoms with van der Waals surface area (Å²) in [5, 5.41) is 0. The van der Waals surface area contributed by atoms with E-state index < -0.39 is 10.0 Å². The van der Waals surface area contributed by atoms with Gasteiger partial charge in [-0.3, -0.25) is 4.79 Å². The number of hydrogen-bond acceptors (Lipinski definition) is 7. The number of hydrogen-bond donors (Lipinski definition) is 0. The van der Waals surface area contributed by atoms with Crippen LogP contribution in [0.4, 0.5) is 0 Å². The first-order valence-electron chi connectivity index (χ1n) is 11.0. The van der Waals surface area contributed by atoms with E-state index in [1.165, 1.54) is 16.6 Å². The van der Waals surface area contributed by atoms with Gasteiger partial charge in [-0.15, -0.1) is 0 Å². The summed E-state index contributed by atoms with van der Waals surface area (Å²) in [5.74, 6) is 1.52. The summed E-state index contributed by atoms with van der Waals surface area (Å²) in [7, 11) is -3.73. The zero-order chi connectivity index (χ0) is 22.6. The molecule has 0 atom stereocenters. The van der Waals surface area contributed by atoms with Crippen molar-refractivity contribution in [2.24, 2.45) is 0 Å². The molecule has 0 fully saturated rings. The molecule has 4 aliphatic heterocycles. The fraction of sp³-hybridized carbons (Fsp3) is 0.391. The number of benzene rings is 1. The highest BCUT2D eigenvalue weighted by molar-refractivity contribution is 7.89. The average Bonchev–Trinajstić information content (AvgIpc) is 3.54. The highest BCUT2D eigenvalue weighted by atomic mass is 32.2. The number of sulfonamides is 1. The van der Waals surface area contributed by atoms with Gasteiger partial charge in [-0.1, -0.05) is 18.2 Å². The summed E-state index contributed by atoms with van der Waals surface area (Å²) < 4.78 is 44.4. The Morgan fingerprint density at radius 1 is 1.00 bits per heavy atom. The maximum atomic E-state index is 13.2. The Balaban J connectivity index is 1.12. The second-order valence-electron chi connectivity index (χ2n) is 8.58. The Hall–Kier alpha value is -3.11. The molecule has 10 heteroatoms. The monoisotopic (exact) mass is 469 g/mol. The first-order valence-corrected chi connectivity index (χ1v) is 12.4. The number of carbonyl (C=O) groups is 1. The predicted octanol–water partition coefficient (Wildman–Crippen LogP) is 1.17. The van der Waals surface area contributed by atoms with Crippen LogP contribution in [0.15, 0.2) is 46.5 Å². The van der Waals surface area contributed by atoms with E-state index in [2.05, 4.69) is 4.98 Å². The molecule has 0 bridgehead atoms. The van der Waals surface area contributed by atoms with Crippen LogP contribution in [0.2, 0.25) is 0 Å². The van der Waals surface area contributed by atoms with Gasteiger partial charge >= 0.3 is 0 Å². The minimum atomic E-state index is -3.73. The van der Waals surface area contributed by atoms with Crippen LogP contribution < -0.4 is 14.2 Å². The fourth-order valence-corrected chi connectivity index (χ4v) is 6.19. The molecule has 0 saturated carbocycles. The highest BCUT2D eigenvalue weighted by Gasteiger charge is 2.38. The number of pyridine rings is 1. The minimum absolute atomic E-state index is 0.0266. The summed E-state index contributed by atoms with van der Waals surface area (Å²) in [5.41, 5.74) is 4.05. The number of aromatic nitrogens is 1. The van der Waals surface area contributed by atoms with Crippen molar-refractivity contribution >= 4 is 15.9 Å². The zero-order valence-electron chi connectivity index (χ0n) is 18.0. The smallest absolute Gasteiger partial charge is 0.257 e. The standard InChI is InChI=1S/C23H23N3O6S/c27-21(8-16-3-1-2-15-4-5-31-22(15)16)25-11-17-13-26(14-18(17)12-25)33(28,29)19-9-20-23(24-10-19)32-7-6-30-20/h1-3,9-10H,4-8,11-14H2. The van der Waals surface area contributed by atoms with Crippen LogP contribution in [0.1, 0.15) is 11.1 Å². The molecule has 0 aliphatic carbocycles. The molecule has 5 heterocycles. The van der Waals surface area contributed by atoms with Gasteiger partial charge in [0.15, 0.2) is 5.75 Å². The van der Waals surface area contributed by atoms with Crippen molar-refractivity contribution in [3.63, 3.8) is 0 Å². The molecule has 0 spiro atoms. The summed E-state index contributed by atoms with van der Waals surface area (Å²) in [4.78, 5) is 18.9. The molecule has 1 aromatic heterocycles. The Morgan fingerprint density at radius 2 is 1.79 bits per heavy atom. The van der Waals surface area contributed by atoms with Gasteiger partial charge in [-0.05, 0) is 16.7 Å². The van der Waals surface area contributed by atoms with E-state index in [1.807, 2.05) is 18.2 Å². The third-order valence-corrected chi connectivity index (χ3v) is 8.26. The van der Waals surface area contributed by atoms with Gasteiger partial charge in [0.1, 0.15) is 23.9 Å². The highest BCUT2D eigenvalue weighted by Crippen LogP contribution is 2.35. The van der Waals surface area contributed by atoms with Crippen LogP contribution in [0.25, 0.3) is 0 Å². The van der Waals surface area contributed by atoms with E-state index in [4.69, 9.17) is 14.2 Å². The van der Waals surface area contributed by atoms with E-state index in [1.54, 1.807) is 4.90 Å². The molecular formula is C23H23N3O6S. The van der Waals surface area contributed by atoms with Crippen LogP contribution >= 0.6 is 0 Å². The fourth-order valence-electron chi connectivity index (χ4n) is 4.80. The van der Waals surface area contributed by atoms with E-state index in [-0.39, 0.29) is 30.3 Å². The number of fused-ring (bicyclic) bond motifs is 2. The zero-order valence-corrected chi connectivity index (χ0v) is 18.8. The van der Waals surface area contributed by atoms with Crippen LogP contribution in [-0.4, -0.2) is 74.5 Å². The molecule has 1 aromatic carbocycles. The van der Waals surface area contributed by atoms with Crippen molar-refractivity contribution in [2.45, 2.75) is 17.7 Å². The lowest BCUT2D eigenvalue weighted by Crippen LogP contribution is -2.37. The van der Waals surface area contributed by atoms with Gasteiger partial charge in [-0.2, -0.15) is 4.31 Å². The SMILES string of the molecule is O=C(Cc1cccc2c1OCC2)N1CC2=C(C1)CN(S(=O)(=O)c1cnc3c(c1)OCCO3)C2. The lowest BCUT2D eigenvalue weighted by atomic mass is 10.1. The van der Waals surface area contributed by atoms with Crippen molar-refractivity contribution < 1.29 is 27.4 Å². The molecule has 0 radical (unpaired) electrons. The van der Waals surface area contributed by atoms with Gasteiger partial charge in [-0.25, -0.2) is 13.4 Å². The molecule has 1 amide bonds. The Labute approximate surface area is 191 Å². The Bertz CT molecular complexity index is 1270. The number of para-hydroxylation sites is 1. The molecule has 33 heavy (non-hydrogen) atoms. The lowest BCUT2D eigenvalue weighted by molar-refractivity contribution is -0.129. The van der Waals surface area contributed by atoms with Gasteiger partial charge < -0.3 is 19.1 Å². The maximum Gasteiger partial charge on any atom is 0.257 e. The second-order valence-corrected chi connectivity index (χ2v) is 10.5. The average molecular weight is 470 g/mol. The number of carbonyl (C=O) groups excluding carboxylic acids is 1. The molecule has 0 unspecified atom stereocenters. The quantitative estimate of drug-likeness (QED) is 0.620. The normalized spacial score (nSPS) is 19.5. The third-order valence-electron chi connectivity index (χ3n) is 6.50. The van der Waals surface area contributed by atoms with Crippen molar-refractivity contribution in [2.75, 3.05) is 46.0 Å². The topological polar surface area (TPSA) is 98.3 Å². The lowest BCUT2D eigenvalue weighted by Gasteiger charge is -2.23. The largest absolute Gasteiger partial charge is 0.493 e. The molecule has 0 N–H and O–H groups in total. The van der Waals surface area contributed by atoms with Crippen LogP contribution in [0.3, 0.4) is 0 Å². The Morgan fingerprint density at radius 3 is 2.61 bits per heavy atom. The number of ether oxygens (including phenoxy) is 3. The second kappa shape index (κ2) is 7.74. The van der Waals surface area contributed by atoms with Gasteiger partial charge in [0.2, 0.25) is 15.9 Å². The van der Waals surface area contributed by atoms with E-state index >= 15 is 0 Å². The first-order chi connectivity index (χ1) is 16.0. The minimum Gasteiger partial charge on any atom is -0.493 e. The molecule has 172 valence electrons. The first kappa shape index (κ1) is 20.5. The summed E-state index contributed by atoms with van der Waals surface area (Å²) in [6.07, 6.45) is 2.47. The van der Waals surface area contributed by atoms with E-state index in [0.717, 1.165) is 34.4 Å². The van der Waals surface area contributed by atoms with Gasteiger partial charge in [0, 0.05) is 44.2 Å². The molecule has 9 nitrogen and oxygen atoms in total. The van der Waals surface area contributed by atoms with E-state index in [9.17, 15) is 13.2 Å². The molecule has 0 saturated heterocycles. The Kier molecular flexibility index (Phi) is 4.81. The maximum absolute atomic E-state index is 13.2. The number of nitrogens with zero attached hydrogens (tertiary/aromatic N) is 3. The molecular weight excluding hydrogens is 446 g/mol. The molecule has 6 rings (SSSR count). The van der Waals surface area contributed by atoms with Crippen LogP contribution in [0.5, 0.6) is 17.4 Å². The molecule has 4 aliphatic rings. The van der Waals surface area contributed by atoms with Crippen molar-refractivity contribution in [1.29, 1.82) is 0 Å². The van der Waals surface area contributed by atoms with Gasteiger partial charge in [0.25, 0.3) is 5.88 Å². The number of amides is 1. The summed E-state index contributed by atoms with van der Waals surface area (Å²) >= 11 is 0. The predicted molar refractivity (Wildman–Crippen MR) is 117 cm³/mol. The summed E-state index contributed by atoms with van der Waals surface area (Å²) in [6, 6.07) is 7.41. The third kappa shape index (κ3) is 3.53. The summed E-state index contributed by atoms with van der Waals surface area (Å²) in [6.45, 7) is 2.87. The van der Waals surface area contributed by atoms with Crippen LogP contribution in [-0.2, 0) is 27.7 Å². The van der Waals surface area contributed by atoms with E-state index in [0.29, 0.717) is 44.5 Å².